The van der Waals surface area contributed by atoms with Crippen molar-refractivity contribution in [3.05, 3.63) is 29.3 Å². The molecule has 0 saturated carbocycles. The minimum Gasteiger partial charge on any atom is -0.450 e. The molecule has 0 unspecified atom stereocenters. The molecule has 156 valence electrons. The van der Waals surface area contributed by atoms with Gasteiger partial charge in [-0.15, -0.1) is 0 Å². The summed E-state index contributed by atoms with van der Waals surface area (Å²) in [6, 6.07) is 6.10. The summed E-state index contributed by atoms with van der Waals surface area (Å²) in [4.78, 5) is 19.8. The second kappa shape index (κ2) is 10.5. The number of halogens is 1. The molecular formula is C17H26ClN5O4S. The highest BCUT2D eigenvalue weighted by molar-refractivity contribution is 7.89. The van der Waals surface area contributed by atoms with Gasteiger partial charge in [-0.05, 0) is 25.1 Å². The smallest absolute Gasteiger partial charge is 0.409 e. The van der Waals surface area contributed by atoms with Gasteiger partial charge < -0.3 is 19.9 Å². The Morgan fingerprint density at radius 3 is 2.50 bits per heavy atom. The number of ether oxygens (including phenoxy) is 1. The number of amides is 1. The zero-order valence-electron chi connectivity index (χ0n) is 16.0. The Morgan fingerprint density at radius 2 is 1.89 bits per heavy atom. The summed E-state index contributed by atoms with van der Waals surface area (Å²) < 4.78 is 32.1. The molecule has 0 spiro atoms. The lowest BCUT2D eigenvalue weighted by Gasteiger charge is -2.35. The number of carbonyl (C=O) groups is 1. The van der Waals surface area contributed by atoms with Gasteiger partial charge in [0.05, 0.1) is 11.5 Å². The van der Waals surface area contributed by atoms with Gasteiger partial charge in [-0.1, -0.05) is 17.7 Å². The van der Waals surface area contributed by atoms with Crippen LogP contribution in [0.15, 0.2) is 34.2 Å². The van der Waals surface area contributed by atoms with E-state index in [1.54, 1.807) is 31.0 Å². The van der Waals surface area contributed by atoms with Crippen molar-refractivity contribution in [2.24, 2.45) is 4.99 Å². The Morgan fingerprint density at radius 1 is 1.21 bits per heavy atom. The number of piperazine rings is 1. The van der Waals surface area contributed by atoms with Gasteiger partial charge >= 0.3 is 6.09 Å². The van der Waals surface area contributed by atoms with Crippen LogP contribution in [0.3, 0.4) is 0 Å². The van der Waals surface area contributed by atoms with Gasteiger partial charge in [0.2, 0.25) is 10.0 Å². The van der Waals surface area contributed by atoms with E-state index < -0.39 is 10.0 Å². The van der Waals surface area contributed by atoms with E-state index in [9.17, 15) is 13.2 Å². The first-order valence-electron chi connectivity index (χ1n) is 9.00. The van der Waals surface area contributed by atoms with E-state index in [1.807, 2.05) is 4.90 Å². The predicted molar refractivity (Wildman–Crippen MR) is 108 cm³/mol. The quantitative estimate of drug-likeness (QED) is 0.395. The maximum absolute atomic E-state index is 12.3. The third-order valence-corrected chi connectivity index (χ3v) is 5.82. The molecule has 0 bridgehead atoms. The van der Waals surface area contributed by atoms with Crippen molar-refractivity contribution in [2.75, 3.05) is 52.9 Å². The van der Waals surface area contributed by atoms with Crippen LogP contribution in [-0.4, -0.2) is 83.2 Å². The standard InChI is InChI=1S/C17H26ClN5O4S/c1-3-27-17(24)23-11-9-22(10-12-23)16(19-2)20-7-8-21-28(25,26)15-6-4-5-14(18)13-15/h4-6,13,21H,3,7-12H2,1-2H3,(H,19,20). The largest absolute Gasteiger partial charge is 0.450 e. The third-order valence-electron chi connectivity index (χ3n) is 4.12. The molecule has 0 radical (unpaired) electrons. The lowest BCUT2D eigenvalue weighted by Crippen LogP contribution is -2.54. The van der Waals surface area contributed by atoms with E-state index in [1.165, 1.54) is 12.1 Å². The second-order valence-electron chi connectivity index (χ2n) is 6.00. The molecular weight excluding hydrogens is 406 g/mol. The molecule has 2 N–H and O–H groups in total. The number of carbonyl (C=O) groups excluding carboxylic acids is 1. The number of benzene rings is 1. The molecule has 9 nitrogen and oxygen atoms in total. The zero-order chi connectivity index (χ0) is 20.6. The summed E-state index contributed by atoms with van der Waals surface area (Å²) in [7, 11) is -1.96. The van der Waals surface area contributed by atoms with Gasteiger partial charge in [-0.3, -0.25) is 4.99 Å². The normalized spacial score (nSPS) is 15.5. The molecule has 28 heavy (non-hydrogen) atoms. The second-order valence-corrected chi connectivity index (χ2v) is 8.21. The number of rotatable bonds is 6. The maximum Gasteiger partial charge on any atom is 0.409 e. The Hall–Kier alpha value is -2.04. The first kappa shape index (κ1) is 22.3. The number of hydrogen-bond acceptors (Lipinski definition) is 5. The molecule has 2 rings (SSSR count). The maximum atomic E-state index is 12.3. The van der Waals surface area contributed by atoms with E-state index in [-0.39, 0.29) is 17.5 Å². The van der Waals surface area contributed by atoms with Crippen molar-refractivity contribution in [1.29, 1.82) is 0 Å². The van der Waals surface area contributed by atoms with Crippen LogP contribution in [0, 0.1) is 0 Å². The summed E-state index contributed by atoms with van der Waals surface area (Å²) in [6.45, 7) is 5.01. The van der Waals surface area contributed by atoms with Gasteiger partial charge in [0.15, 0.2) is 5.96 Å². The van der Waals surface area contributed by atoms with Crippen molar-refractivity contribution in [3.8, 4) is 0 Å². The lowest BCUT2D eigenvalue weighted by molar-refractivity contribution is 0.0915. The van der Waals surface area contributed by atoms with Crippen LogP contribution >= 0.6 is 11.6 Å². The molecule has 1 aromatic carbocycles. The van der Waals surface area contributed by atoms with Crippen LogP contribution in [0.25, 0.3) is 0 Å². The van der Waals surface area contributed by atoms with E-state index in [0.29, 0.717) is 50.3 Å². The molecule has 1 aliphatic heterocycles. The van der Waals surface area contributed by atoms with Gasteiger partial charge in [-0.25, -0.2) is 17.9 Å². The van der Waals surface area contributed by atoms with Crippen molar-refractivity contribution >= 4 is 33.7 Å². The van der Waals surface area contributed by atoms with Crippen LogP contribution in [0.4, 0.5) is 4.79 Å². The van der Waals surface area contributed by atoms with Gasteiger partial charge in [0.1, 0.15) is 0 Å². The van der Waals surface area contributed by atoms with E-state index >= 15 is 0 Å². The number of nitrogens with zero attached hydrogens (tertiary/aromatic N) is 3. The van der Waals surface area contributed by atoms with Crippen LogP contribution in [0.5, 0.6) is 0 Å². The molecule has 0 aliphatic carbocycles. The predicted octanol–water partition coefficient (Wildman–Crippen LogP) is 0.968. The Kier molecular flexibility index (Phi) is 8.34. The van der Waals surface area contributed by atoms with Crippen molar-refractivity contribution in [2.45, 2.75) is 11.8 Å². The molecule has 1 aromatic rings. The molecule has 0 aromatic heterocycles. The molecule has 1 fully saturated rings. The highest BCUT2D eigenvalue weighted by Gasteiger charge is 2.23. The van der Waals surface area contributed by atoms with E-state index in [2.05, 4.69) is 15.0 Å². The van der Waals surface area contributed by atoms with Crippen molar-refractivity contribution < 1.29 is 17.9 Å². The Labute approximate surface area is 170 Å². The molecule has 1 amide bonds. The fraction of sp³-hybridized carbons (Fsp3) is 0.529. The summed E-state index contributed by atoms with van der Waals surface area (Å²) >= 11 is 5.85. The summed E-state index contributed by atoms with van der Waals surface area (Å²) in [6.07, 6.45) is -0.305. The van der Waals surface area contributed by atoms with Crippen LogP contribution in [-0.2, 0) is 14.8 Å². The van der Waals surface area contributed by atoms with E-state index in [4.69, 9.17) is 16.3 Å². The number of guanidine groups is 1. The highest BCUT2D eigenvalue weighted by atomic mass is 35.5. The molecule has 1 heterocycles. The average Bonchev–Trinajstić information content (AvgIpc) is 2.68. The highest BCUT2D eigenvalue weighted by Crippen LogP contribution is 2.14. The topological polar surface area (TPSA) is 103 Å². The van der Waals surface area contributed by atoms with Crippen molar-refractivity contribution in [1.82, 2.24) is 19.8 Å². The van der Waals surface area contributed by atoms with Crippen molar-refractivity contribution in [3.63, 3.8) is 0 Å². The Balaban J connectivity index is 1.78. The molecule has 1 saturated heterocycles. The summed E-state index contributed by atoms with van der Waals surface area (Å²) in [5.74, 6) is 0.658. The number of hydrogen-bond donors (Lipinski definition) is 2. The Bertz CT molecular complexity index is 794. The minimum absolute atomic E-state index is 0.125. The van der Waals surface area contributed by atoms with Crippen LogP contribution in [0.1, 0.15) is 6.92 Å². The molecule has 11 heteroatoms. The first-order chi connectivity index (χ1) is 13.4. The fourth-order valence-electron chi connectivity index (χ4n) is 2.73. The number of nitrogens with one attached hydrogen (secondary N) is 2. The SMILES string of the molecule is CCOC(=O)N1CCN(C(=NC)NCCNS(=O)(=O)c2cccc(Cl)c2)CC1. The monoisotopic (exact) mass is 431 g/mol. The van der Waals surface area contributed by atoms with E-state index in [0.717, 1.165) is 0 Å². The summed E-state index contributed by atoms with van der Waals surface area (Å²) in [5, 5.41) is 3.50. The van der Waals surface area contributed by atoms with Gasteiger partial charge in [-0.2, -0.15) is 0 Å². The lowest BCUT2D eigenvalue weighted by atomic mass is 10.3. The number of sulfonamides is 1. The summed E-state index contributed by atoms with van der Waals surface area (Å²) in [5.41, 5.74) is 0. The first-order valence-corrected chi connectivity index (χ1v) is 10.9. The van der Waals surface area contributed by atoms with Gasteiger partial charge in [0, 0.05) is 51.3 Å². The third kappa shape index (κ3) is 6.25. The average molecular weight is 432 g/mol. The van der Waals surface area contributed by atoms with Crippen LogP contribution < -0.4 is 10.0 Å². The van der Waals surface area contributed by atoms with Gasteiger partial charge in [0.25, 0.3) is 0 Å². The number of aliphatic imine (C=N–C) groups is 1. The molecule has 0 atom stereocenters. The minimum atomic E-state index is -3.62. The fourth-order valence-corrected chi connectivity index (χ4v) is 4.06. The molecule has 1 aliphatic rings. The van der Waals surface area contributed by atoms with Crippen LogP contribution in [0.2, 0.25) is 5.02 Å². The zero-order valence-corrected chi connectivity index (χ0v) is 17.6.